The van der Waals surface area contributed by atoms with Crippen molar-refractivity contribution in [1.29, 1.82) is 0 Å². The van der Waals surface area contributed by atoms with E-state index in [1.165, 1.54) is 25.0 Å². The smallest absolute Gasteiger partial charge is 0.293 e. The van der Waals surface area contributed by atoms with Crippen LogP contribution in [0.15, 0.2) is 65.8 Å². The van der Waals surface area contributed by atoms with Crippen molar-refractivity contribution in [3.8, 4) is 11.5 Å². The predicted molar refractivity (Wildman–Crippen MR) is 190 cm³/mol. The number of methoxy groups -OCH3 is 1. The molecule has 2 saturated heterocycles. The first-order valence-corrected chi connectivity index (χ1v) is 17.6. The number of benzene rings is 2. The number of hydrogen-bond acceptors (Lipinski definition) is 11. The summed E-state index contributed by atoms with van der Waals surface area (Å²) < 4.78 is 14.4. The van der Waals surface area contributed by atoms with E-state index in [1.54, 1.807) is 25.4 Å². The Hall–Kier alpha value is -4.37. The fraction of sp³-hybridized carbons (Fsp3) is 0.429. The molecule has 0 bridgehead atoms. The third-order valence-electron chi connectivity index (χ3n) is 10.3. The third kappa shape index (κ3) is 7.32. The van der Waals surface area contributed by atoms with Gasteiger partial charge in [-0.3, -0.25) is 29.4 Å². The topological polar surface area (TPSA) is 155 Å². The Bertz CT molecular complexity index is 1810. The summed E-state index contributed by atoms with van der Waals surface area (Å²) in [5.41, 5.74) is 8.10. The van der Waals surface area contributed by atoms with Gasteiger partial charge in [-0.05, 0) is 79.4 Å². The zero-order valence-electron chi connectivity index (χ0n) is 27.6. The molecule has 49 heavy (non-hydrogen) atoms. The Labute approximate surface area is 289 Å². The summed E-state index contributed by atoms with van der Waals surface area (Å²) in [6, 6.07) is 14.6. The van der Waals surface area contributed by atoms with E-state index in [-0.39, 0.29) is 17.3 Å². The quantitative estimate of drug-likeness (QED) is 0.0815. The Morgan fingerprint density at radius 3 is 2.65 bits per heavy atom. The summed E-state index contributed by atoms with van der Waals surface area (Å²) in [6.07, 6.45) is 8.29. The average molecular weight is 687 g/mol. The van der Waals surface area contributed by atoms with Gasteiger partial charge in [0, 0.05) is 93.3 Å². The van der Waals surface area contributed by atoms with E-state index in [9.17, 15) is 14.9 Å². The second-order valence-electron chi connectivity index (χ2n) is 13.3. The largest absolute Gasteiger partial charge is 0.455 e. The number of aromatic nitrogens is 2. The molecule has 0 unspecified atom stereocenters. The van der Waals surface area contributed by atoms with Crippen LogP contribution in [-0.2, 0) is 4.74 Å². The Morgan fingerprint density at radius 1 is 1.10 bits per heavy atom. The van der Waals surface area contributed by atoms with Crippen LogP contribution < -0.4 is 20.1 Å². The van der Waals surface area contributed by atoms with Crippen LogP contribution in [0.25, 0.3) is 11.0 Å². The van der Waals surface area contributed by atoms with Gasteiger partial charge in [0.1, 0.15) is 22.8 Å². The van der Waals surface area contributed by atoms with Crippen LogP contribution in [-0.4, -0.2) is 96.2 Å². The minimum atomic E-state index is -0.542. The molecule has 1 saturated carbocycles. The molecule has 1 spiro atoms. The highest BCUT2D eigenvalue weighted by Gasteiger charge is 2.48. The number of nitro benzene ring substituents is 1. The van der Waals surface area contributed by atoms with Gasteiger partial charge in [-0.2, -0.15) is 0 Å². The van der Waals surface area contributed by atoms with Crippen molar-refractivity contribution in [1.82, 2.24) is 24.5 Å². The molecule has 1 aliphatic carbocycles. The van der Waals surface area contributed by atoms with Crippen LogP contribution in [0.5, 0.6) is 11.5 Å². The number of ether oxygens (including phenoxy) is 2. The summed E-state index contributed by atoms with van der Waals surface area (Å²) in [5.74, 6) is 0.529. The van der Waals surface area contributed by atoms with Gasteiger partial charge >= 0.3 is 0 Å². The summed E-state index contributed by atoms with van der Waals surface area (Å²) >= 11 is 0.983. The number of piperazine rings is 1. The first-order chi connectivity index (χ1) is 23.8. The molecule has 2 aromatic heterocycles. The lowest BCUT2D eigenvalue weighted by Crippen LogP contribution is -2.59. The van der Waals surface area contributed by atoms with Gasteiger partial charge in [-0.1, -0.05) is 0 Å². The molecular weight excluding hydrogens is 645 g/mol. The third-order valence-corrected chi connectivity index (χ3v) is 11.1. The highest BCUT2D eigenvalue weighted by atomic mass is 32.2. The van der Waals surface area contributed by atoms with Crippen molar-refractivity contribution >= 4 is 46.0 Å². The van der Waals surface area contributed by atoms with E-state index in [0.717, 1.165) is 93.9 Å². The zero-order chi connectivity index (χ0) is 34.0. The summed E-state index contributed by atoms with van der Waals surface area (Å²) in [4.78, 5) is 39.9. The van der Waals surface area contributed by atoms with Crippen molar-refractivity contribution in [3.63, 3.8) is 0 Å². The lowest BCUT2D eigenvalue weighted by molar-refractivity contribution is -0.384. The van der Waals surface area contributed by atoms with Gasteiger partial charge in [-0.15, -0.1) is 0 Å². The lowest BCUT2D eigenvalue weighted by Gasteiger charge is -2.56. The number of carbonyl (C=O) groups is 1. The van der Waals surface area contributed by atoms with E-state index in [4.69, 9.17) is 15.2 Å². The summed E-state index contributed by atoms with van der Waals surface area (Å²) in [6.45, 7) is 8.24. The van der Waals surface area contributed by atoms with Crippen LogP contribution in [0.4, 0.5) is 17.1 Å². The molecule has 258 valence electrons. The number of pyridine rings is 1. The number of aromatic amines is 1. The molecule has 13 nitrogen and oxygen atoms in total. The van der Waals surface area contributed by atoms with Gasteiger partial charge < -0.3 is 25.1 Å². The number of nitrogens with two attached hydrogens (primary N) is 1. The maximum absolute atomic E-state index is 13.5. The fourth-order valence-corrected chi connectivity index (χ4v) is 8.03. The standard InChI is InChI=1S/C35H42N8O5S/c1-47-17-16-40-12-14-42(15-13-40)26-21-35(22-26)7-10-41(11-8-35)25-2-4-29(32(19-25)48-27-18-24-6-9-37-33(24)38-23-27)34(44)39-49-28-3-5-30(36)31(20-28)43(45)46/h2-6,9,18-20,23,26H,7-8,10-17,21-22,36H2,1H3,(H,37,38)(H,39,44). The van der Waals surface area contributed by atoms with Crippen LogP contribution in [0.3, 0.4) is 0 Å². The molecule has 3 aliphatic rings. The Balaban J connectivity index is 1.02. The maximum atomic E-state index is 13.5. The molecule has 4 N–H and O–H groups in total. The Kier molecular flexibility index (Phi) is 9.63. The van der Waals surface area contributed by atoms with Crippen molar-refractivity contribution in [2.45, 2.75) is 36.6 Å². The average Bonchev–Trinajstić information content (AvgIpc) is 3.57. The van der Waals surface area contributed by atoms with E-state index >= 15 is 0 Å². The number of H-pyrrole nitrogens is 1. The van der Waals surface area contributed by atoms with Gasteiger partial charge in [-0.25, -0.2) is 4.98 Å². The van der Waals surface area contributed by atoms with Crippen LogP contribution in [0, 0.1) is 15.5 Å². The van der Waals surface area contributed by atoms with Crippen molar-refractivity contribution in [2.24, 2.45) is 5.41 Å². The second-order valence-corrected chi connectivity index (χ2v) is 14.2. The second kappa shape index (κ2) is 14.2. The number of nitrogen functional groups attached to an aromatic ring is 1. The molecule has 1 amide bonds. The number of hydrogen-bond donors (Lipinski definition) is 3. The minimum absolute atomic E-state index is 0.0631. The van der Waals surface area contributed by atoms with Gasteiger partial charge in [0.25, 0.3) is 11.6 Å². The molecular formula is C35H42N8O5S. The van der Waals surface area contributed by atoms with E-state index < -0.39 is 4.92 Å². The van der Waals surface area contributed by atoms with Crippen LogP contribution >= 0.6 is 11.9 Å². The highest BCUT2D eigenvalue weighted by molar-refractivity contribution is 7.98. The Morgan fingerprint density at radius 2 is 1.90 bits per heavy atom. The number of fused-ring (bicyclic) bond motifs is 1. The summed E-state index contributed by atoms with van der Waals surface area (Å²) in [5, 5.41) is 12.2. The minimum Gasteiger partial charge on any atom is -0.455 e. The predicted octanol–water partition coefficient (Wildman–Crippen LogP) is 5.30. The number of piperidine rings is 1. The number of carbonyl (C=O) groups excluding carboxylic acids is 1. The number of amides is 1. The lowest BCUT2D eigenvalue weighted by atomic mass is 9.60. The molecule has 3 fully saturated rings. The van der Waals surface area contributed by atoms with Gasteiger partial charge in [0.05, 0.1) is 23.3 Å². The van der Waals surface area contributed by atoms with Gasteiger partial charge in [0.15, 0.2) is 0 Å². The molecule has 4 heterocycles. The number of nitrogens with one attached hydrogen (secondary N) is 2. The van der Waals surface area contributed by atoms with Crippen LogP contribution in [0.2, 0.25) is 0 Å². The van der Waals surface area contributed by atoms with Crippen molar-refractivity contribution < 1.29 is 19.2 Å². The maximum Gasteiger partial charge on any atom is 0.293 e. The first kappa shape index (κ1) is 33.1. The number of rotatable bonds is 11. The van der Waals surface area contributed by atoms with E-state index in [0.29, 0.717) is 33.4 Å². The molecule has 14 heteroatoms. The summed E-state index contributed by atoms with van der Waals surface area (Å²) in [7, 11) is 1.77. The molecule has 7 rings (SSSR count). The van der Waals surface area contributed by atoms with Crippen LogP contribution in [0.1, 0.15) is 36.0 Å². The number of anilines is 2. The molecule has 2 aliphatic heterocycles. The van der Waals surface area contributed by atoms with E-state index in [1.807, 2.05) is 30.5 Å². The number of nitrogens with zero attached hydrogens (tertiary/aromatic N) is 5. The molecule has 4 aromatic rings. The first-order valence-electron chi connectivity index (χ1n) is 16.8. The molecule has 0 atom stereocenters. The molecule has 2 aromatic carbocycles. The zero-order valence-corrected chi connectivity index (χ0v) is 28.4. The van der Waals surface area contributed by atoms with Crippen molar-refractivity contribution in [3.05, 3.63) is 76.6 Å². The normalized spacial score (nSPS) is 18.4. The highest BCUT2D eigenvalue weighted by Crippen LogP contribution is 2.51. The molecule has 0 radical (unpaired) electrons. The van der Waals surface area contributed by atoms with Crippen molar-refractivity contribution in [2.75, 3.05) is 70.2 Å². The van der Waals surface area contributed by atoms with E-state index in [2.05, 4.69) is 29.4 Å². The van der Waals surface area contributed by atoms with Gasteiger partial charge in [0.2, 0.25) is 0 Å². The fourth-order valence-electron chi connectivity index (χ4n) is 7.41. The SMILES string of the molecule is COCCN1CCN(C2CC3(CCN(c4ccc(C(=O)NSc5ccc(N)c([N+](=O)[O-])c5)c(Oc5cnc6[nH]ccc6c5)c4)CC3)C2)CC1. The monoisotopic (exact) mass is 686 g/mol. The number of nitro groups is 1.